The molecule has 1 aliphatic heterocycles. The number of fused-ring (bicyclic) bond motifs is 1. The highest BCUT2D eigenvalue weighted by molar-refractivity contribution is 6.34. The summed E-state index contributed by atoms with van der Waals surface area (Å²) in [5, 5.41) is 2.06. The summed E-state index contributed by atoms with van der Waals surface area (Å²) in [4.78, 5) is 53.9. The third kappa shape index (κ3) is 4.00. The van der Waals surface area contributed by atoms with E-state index in [-0.39, 0.29) is 22.3 Å². The van der Waals surface area contributed by atoms with Crippen LogP contribution in [0.15, 0.2) is 60.7 Å². The van der Waals surface area contributed by atoms with Crippen LogP contribution in [0.1, 0.15) is 46.5 Å². The number of rotatable bonds is 5. The lowest BCUT2D eigenvalue weighted by molar-refractivity contribution is -0.156. The van der Waals surface area contributed by atoms with Gasteiger partial charge in [0.25, 0.3) is 17.7 Å². The smallest absolute Gasteiger partial charge is 0.275 e. The van der Waals surface area contributed by atoms with Crippen LogP contribution >= 0.6 is 11.6 Å². The lowest BCUT2D eigenvalue weighted by Gasteiger charge is -2.35. The maximum atomic E-state index is 13.7. The number of Topliss-reactive ketones (excluding diaryl/α,β-unsaturated/α-hetero) is 1. The first-order chi connectivity index (χ1) is 15.7. The zero-order valence-corrected chi connectivity index (χ0v) is 19.5. The molecule has 1 fully saturated rings. The van der Waals surface area contributed by atoms with Crippen molar-refractivity contribution in [3.8, 4) is 0 Å². The molecule has 0 radical (unpaired) electrons. The fourth-order valence-corrected chi connectivity index (χ4v) is 4.83. The lowest BCUT2D eigenvalue weighted by atomic mass is 9.78. The Morgan fingerprint density at radius 1 is 1.06 bits per heavy atom. The monoisotopic (exact) mass is 464 g/mol. The Bertz CT molecular complexity index is 1160. The minimum Gasteiger partial charge on any atom is -0.292 e. The summed E-state index contributed by atoms with van der Waals surface area (Å²) < 4.78 is 0. The van der Waals surface area contributed by atoms with Gasteiger partial charge in [0.1, 0.15) is 6.04 Å². The van der Waals surface area contributed by atoms with Gasteiger partial charge in [0.05, 0.1) is 22.4 Å². The highest BCUT2D eigenvalue weighted by atomic mass is 35.5. The molecule has 33 heavy (non-hydrogen) atoms. The molecule has 0 spiro atoms. The van der Waals surface area contributed by atoms with Gasteiger partial charge in [0, 0.05) is 5.56 Å². The van der Waals surface area contributed by atoms with Gasteiger partial charge < -0.3 is 0 Å². The number of aryl methyl sites for hydroxylation is 1. The standard InChI is InChI=1S/C26H25ClN2O4/c1-15-11-13-18(14-12-15)23(30)17(3)28(24(31)19-8-4-5-10-21(19)27)29-25(32)20-9-6-7-16(2)22(20)26(29)33/h4-8,10-14,16-17,20,22H,9H2,1-3H3/t16-,17-,20+,22-/m0/s1. The van der Waals surface area contributed by atoms with Crippen molar-refractivity contribution in [2.24, 2.45) is 17.8 Å². The van der Waals surface area contributed by atoms with Crippen LogP contribution in [0, 0.1) is 24.7 Å². The van der Waals surface area contributed by atoms with Crippen molar-refractivity contribution in [3.63, 3.8) is 0 Å². The summed E-state index contributed by atoms with van der Waals surface area (Å²) in [6.07, 6.45) is 4.23. The van der Waals surface area contributed by atoms with Gasteiger partial charge in [-0.1, -0.05) is 72.6 Å². The molecule has 3 amide bonds. The van der Waals surface area contributed by atoms with Crippen LogP contribution < -0.4 is 0 Å². The minimum absolute atomic E-state index is 0.115. The largest absolute Gasteiger partial charge is 0.292 e. The number of allylic oxidation sites excluding steroid dienone is 2. The van der Waals surface area contributed by atoms with Crippen LogP contribution in [-0.4, -0.2) is 39.6 Å². The second-order valence-corrected chi connectivity index (χ2v) is 9.09. The Balaban J connectivity index is 1.78. The molecule has 2 aliphatic rings. The van der Waals surface area contributed by atoms with Crippen molar-refractivity contribution in [2.45, 2.75) is 33.2 Å². The second kappa shape index (κ2) is 8.94. The van der Waals surface area contributed by atoms with Crippen molar-refractivity contribution in [1.29, 1.82) is 0 Å². The molecule has 4 atom stereocenters. The molecule has 1 heterocycles. The molecule has 1 aliphatic carbocycles. The van der Waals surface area contributed by atoms with E-state index in [0.29, 0.717) is 12.0 Å². The highest BCUT2D eigenvalue weighted by Gasteiger charge is 2.54. The molecule has 1 saturated heterocycles. The summed E-state index contributed by atoms with van der Waals surface area (Å²) in [6.45, 7) is 5.31. The fourth-order valence-electron chi connectivity index (χ4n) is 4.61. The Morgan fingerprint density at radius 2 is 1.73 bits per heavy atom. The van der Waals surface area contributed by atoms with Gasteiger partial charge in [-0.2, -0.15) is 5.01 Å². The van der Waals surface area contributed by atoms with E-state index in [2.05, 4.69) is 0 Å². The molecule has 2 aromatic carbocycles. The Morgan fingerprint density at radius 3 is 2.36 bits per heavy atom. The van der Waals surface area contributed by atoms with Gasteiger partial charge in [-0.3, -0.25) is 19.2 Å². The number of imide groups is 1. The summed E-state index contributed by atoms with van der Waals surface area (Å²) in [5.74, 6) is -3.25. The first-order valence-electron chi connectivity index (χ1n) is 11.0. The zero-order chi connectivity index (χ0) is 23.9. The van der Waals surface area contributed by atoms with E-state index in [4.69, 9.17) is 11.6 Å². The minimum atomic E-state index is -1.10. The van der Waals surface area contributed by atoms with Crippen LogP contribution in [0.25, 0.3) is 0 Å². The van der Waals surface area contributed by atoms with Gasteiger partial charge in [0.15, 0.2) is 5.78 Å². The molecule has 0 aromatic heterocycles. The first kappa shape index (κ1) is 22.9. The van der Waals surface area contributed by atoms with Crippen LogP contribution in [-0.2, 0) is 9.59 Å². The van der Waals surface area contributed by atoms with Gasteiger partial charge in [-0.25, -0.2) is 5.01 Å². The van der Waals surface area contributed by atoms with Crippen LogP contribution in [0.2, 0.25) is 5.02 Å². The van der Waals surface area contributed by atoms with Crippen LogP contribution in [0.3, 0.4) is 0 Å². The number of hydrazine groups is 1. The maximum absolute atomic E-state index is 13.7. The number of amides is 3. The predicted octanol–water partition coefficient (Wildman–Crippen LogP) is 4.47. The van der Waals surface area contributed by atoms with Crippen molar-refractivity contribution < 1.29 is 19.2 Å². The number of halogens is 1. The summed E-state index contributed by atoms with van der Waals surface area (Å²) in [6, 6.07) is 12.2. The van der Waals surface area contributed by atoms with E-state index < -0.39 is 35.6 Å². The van der Waals surface area contributed by atoms with Crippen LogP contribution in [0.4, 0.5) is 0 Å². The second-order valence-electron chi connectivity index (χ2n) is 8.68. The number of carbonyl (C=O) groups excluding carboxylic acids is 4. The average molecular weight is 465 g/mol. The van der Waals surface area contributed by atoms with E-state index in [9.17, 15) is 19.2 Å². The Labute approximate surface area is 197 Å². The number of nitrogens with zero attached hydrogens (tertiary/aromatic N) is 2. The Kier molecular flexibility index (Phi) is 6.21. The lowest BCUT2D eigenvalue weighted by Crippen LogP contribution is -2.56. The predicted molar refractivity (Wildman–Crippen MR) is 124 cm³/mol. The van der Waals surface area contributed by atoms with E-state index in [0.717, 1.165) is 15.6 Å². The molecule has 0 unspecified atom stereocenters. The Hall–Kier alpha value is -3.25. The number of hydrogen-bond donors (Lipinski definition) is 0. The van der Waals surface area contributed by atoms with E-state index in [1.165, 1.54) is 13.0 Å². The SMILES string of the molecule is Cc1ccc(C(=O)[C@H](C)N(C(=O)c2ccccc2Cl)N2C(=O)[C@H]3[C@@H](C)C=CC[C@H]3C2=O)cc1. The molecule has 0 bridgehead atoms. The summed E-state index contributed by atoms with van der Waals surface area (Å²) >= 11 is 6.28. The van der Waals surface area contributed by atoms with Crippen molar-refractivity contribution in [1.82, 2.24) is 10.0 Å². The first-order valence-corrected chi connectivity index (χ1v) is 11.3. The number of ketones is 1. The van der Waals surface area contributed by atoms with Crippen molar-refractivity contribution >= 4 is 35.1 Å². The number of hydrogen-bond acceptors (Lipinski definition) is 4. The molecule has 4 rings (SSSR count). The molecule has 7 heteroatoms. The quantitative estimate of drug-likeness (QED) is 0.371. The molecule has 6 nitrogen and oxygen atoms in total. The third-order valence-corrected chi connectivity index (χ3v) is 6.79. The number of benzene rings is 2. The molecule has 0 saturated carbocycles. The topological polar surface area (TPSA) is 74.8 Å². The van der Waals surface area contributed by atoms with Crippen molar-refractivity contribution in [2.75, 3.05) is 0 Å². The van der Waals surface area contributed by atoms with Gasteiger partial charge in [-0.15, -0.1) is 0 Å². The third-order valence-electron chi connectivity index (χ3n) is 6.46. The fraction of sp³-hybridized carbons (Fsp3) is 0.308. The average Bonchev–Trinajstić information content (AvgIpc) is 3.05. The molecular weight excluding hydrogens is 440 g/mol. The summed E-state index contributed by atoms with van der Waals surface area (Å²) in [7, 11) is 0. The highest BCUT2D eigenvalue weighted by Crippen LogP contribution is 2.40. The zero-order valence-electron chi connectivity index (χ0n) is 18.7. The number of carbonyl (C=O) groups is 4. The van der Waals surface area contributed by atoms with Gasteiger partial charge in [0.2, 0.25) is 0 Å². The molecule has 170 valence electrons. The molecular formula is C26H25ClN2O4. The normalized spacial score (nSPS) is 22.8. The van der Waals surface area contributed by atoms with Gasteiger partial charge in [-0.05, 0) is 38.3 Å². The van der Waals surface area contributed by atoms with Gasteiger partial charge >= 0.3 is 0 Å². The maximum Gasteiger partial charge on any atom is 0.275 e. The molecule has 2 aromatic rings. The molecule has 0 N–H and O–H groups in total. The van der Waals surface area contributed by atoms with E-state index in [1.54, 1.807) is 42.5 Å². The van der Waals surface area contributed by atoms with E-state index in [1.807, 2.05) is 26.0 Å². The van der Waals surface area contributed by atoms with Crippen molar-refractivity contribution in [3.05, 3.63) is 82.4 Å². The van der Waals surface area contributed by atoms with E-state index >= 15 is 0 Å². The van der Waals surface area contributed by atoms with Crippen LogP contribution in [0.5, 0.6) is 0 Å². The summed E-state index contributed by atoms with van der Waals surface area (Å²) in [5.41, 5.74) is 1.49.